The molecule has 2 N–H and O–H groups in total. The monoisotopic (exact) mass is 391 g/mol. The second-order valence-electron chi connectivity index (χ2n) is 6.47. The third kappa shape index (κ3) is 3.97. The van der Waals surface area contributed by atoms with E-state index >= 15 is 0 Å². The summed E-state index contributed by atoms with van der Waals surface area (Å²) < 4.78 is 0. The van der Waals surface area contributed by atoms with Crippen molar-refractivity contribution in [1.82, 2.24) is 15.2 Å². The number of halogens is 1. The van der Waals surface area contributed by atoms with E-state index in [4.69, 9.17) is 11.6 Å². The number of hydrogen-bond donors (Lipinski definition) is 2. The molecule has 0 unspecified atom stereocenters. The summed E-state index contributed by atoms with van der Waals surface area (Å²) in [5, 5.41) is 20.2. The van der Waals surface area contributed by atoms with Crippen molar-refractivity contribution in [1.29, 1.82) is 5.26 Å². The molecule has 0 bridgehead atoms. The molecule has 1 aromatic carbocycles. The zero-order valence-corrected chi connectivity index (χ0v) is 15.8. The third-order valence-electron chi connectivity index (χ3n) is 4.51. The molecule has 2 aromatic heterocycles. The Morgan fingerprint density at radius 2 is 2.11 bits per heavy atom. The van der Waals surface area contributed by atoms with Crippen LogP contribution in [0.1, 0.15) is 24.0 Å². The first-order valence-electron chi connectivity index (χ1n) is 8.98. The van der Waals surface area contributed by atoms with Crippen molar-refractivity contribution in [3.05, 3.63) is 58.9 Å². The van der Waals surface area contributed by atoms with Crippen LogP contribution in [0.5, 0.6) is 0 Å². The van der Waals surface area contributed by atoms with Gasteiger partial charge < -0.3 is 10.2 Å². The lowest BCUT2D eigenvalue weighted by Gasteiger charge is -2.16. The van der Waals surface area contributed by atoms with Gasteiger partial charge in [0.2, 0.25) is 0 Å². The molecule has 0 aliphatic carbocycles. The van der Waals surface area contributed by atoms with Crippen LogP contribution < -0.4 is 10.2 Å². The maximum Gasteiger partial charge on any atom is 0.172 e. The van der Waals surface area contributed by atoms with E-state index in [-0.39, 0.29) is 0 Å². The van der Waals surface area contributed by atoms with Crippen LogP contribution in [0.2, 0.25) is 5.02 Å². The molecule has 3 aromatic rings. The summed E-state index contributed by atoms with van der Waals surface area (Å²) in [4.78, 5) is 11.0. The molecule has 1 aliphatic heterocycles. The quantitative estimate of drug-likeness (QED) is 0.628. The Balaban J connectivity index is 1.54. The minimum absolute atomic E-state index is 0.333. The number of H-pyrrole nitrogens is 1. The van der Waals surface area contributed by atoms with Crippen LogP contribution in [-0.4, -0.2) is 34.5 Å². The van der Waals surface area contributed by atoms with Gasteiger partial charge in [-0.2, -0.15) is 10.4 Å². The highest BCUT2D eigenvalue weighted by Gasteiger charge is 2.14. The van der Waals surface area contributed by atoms with Crippen molar-refractivity contribution in [2.75, 3.05) is 23.3 Å². The van der Waals surface area contributed by atoms with E-state index < -0.39 is 0 Å². The van der Waals surface area contributed by atoms with E-state index in [9.17, 15) is 5.26 Å². The molecule has 1 aliphatic rings. The number of nitrogens with one attached hydrogen (secondary N) is 2. The number of aliphatic imine (C=N–C) groups is 1. The Hall–Kier alpha value is -3.37. The fraction of sp³-hybridized carbons (Fsp3) is 0.200. The van der Waals surface area contributed by atoms with Gasteiger partial charge in [-0.1, -0.05) is 17.7 Å². The van der Waals surface area contributed by atoms with E-state index in [2.05, 4.69) is 42.5 Å². The molecule has 0 radical (unpaired) electrons. The molecular formula is C20H18ClN7. The molecule has 0 amide bonds. The summed E-state index contributed by atoms with van der Waals surface area (Å²) in [5.74, 6) is 0.791. The fourth-order valence-electron chi connectivity index (χ4n) is 3.13. The van der Waals surface area contributed by atoms with Crippen molar-refractivity contribution in [2.24, 2.45) is 4.99 Å². The largest absolute Gasteiger partial charge is 0.370 e. The number of pyridine rings is 1. The van der Waals surface area contributed by atoms with Gasteiger partial charge in [0.1, 0.15) is 11.6 Å². The Bertz CT molecular complexity index is 1040. The first kappa shape index (κ1) is 18.0. The van der Waals surface area contributed by atoms with Gasteiger partial charge in [-0.15, -0.1) is 0 Å². The Morgan fingerprint density at radius 1 is 1.25 bits per heavy atom. The van der Waals surface area contributed by atoms with Gasteiger partial charge in [0.05, 0.1) is 11.9 Å². The van der Waals surface area contributed by atoms with Crippen LogP contribution in [0.3, 0.4) is 0 Å². The molecule has 28 heavy (non-hydrogen) atoms. The van der Waals surface area contributed by atoms with Gasteiger partial charge >= 0.3 is 0 Å². The molecule has 0 spiro atoms. The topological polar surface area (TPSA) is 93.0 Å². The Labute approximate surface area is 167 Å². The summed E-state index contributed by atoms with van der Waals surface area (Å²) in [6.45, 7) is 2.11. The standard InChI is InChI=1S/C20H18ClN7/c21-15-4-3-5-16(9-15)25-20-18(10-22)19(26-27-20)24-12-14-8-17(13-23-11-14)28-6-1-2-7-28/h3-5,8-9,11-13H,1-2,6-7H2,(H2,25,26,27)/b24-12+. The van der Waals surface area contributed by atoms with Crippen LogP contribution >= 0.6 is 11.6 Å². The molecule has 8 heteroatoms. The smallest absolute Gasteiger partial charge is 0.172 e. The van der Waals surface area contributed by atoms with Gasteiger partial charge in [-0.3, -0.25) is 10.1 Å². The van der Waals surface area contributed by atoms with Crippen LogP contribution in [0.25, 0.3) is 0 Å². The lowest BCUT2D eigenvalue weighted by Crippen LogP contribution is -2.17. The predicted molar refractivity (Wildman–Crippen MR) is 111 cm³/mol. The lowest BCUT2D eigenvalue weighted by atomic mass is 10.2. The summed E-state index contributed by atoms with van der Waals surface area (Å²) in [6.07, 6.45) is 7.72. The summed E-state index contributed by atoms with van der Waals surface area (Å²) in [6, 6.07) is 11.4. The maximum atomic E-state index is 9.54. The van der Waals surface area contributed by atoms with Crippen LogP contribution in [0.4, 0.5) is 23.0 Å². The first-order valence-corrected chi connectivity index (χ1v) is 9.36. The molecule has 3 heterocycles. The molecule has 7 nitrogen and oxygen atoms in total. The minimum atomic E-state index is 0.333. The van der Waals surface area contributed by atoms with Gasteiger partial charge in [0.15, 0.2) is 11.6 Å². The van der Waals surface area contributed by atoms with E-state index in [1.54, 1.807) is 24.5 Å². The summed E-state index contributed by atoms with van der Waals surface area (Å²) in [5.41, 5.74) is 3.04. The average Bonchev–Trinajstić information content (AvgIpc) is 3.37. The second-order valence-corrected chi connectivity index (χ2v) is 6.91. The average molecular weight is 392 g/mol. The number of aromatic amines is 1. The second kappa shape index (κ2) is 8.11. The fourth-order valence-corrected chi connectivity index (χ4v) is 3.32. The van der Waals surface area contributed by atoms with Crippen molar-refractivity contribution in [3.63, 3.8) is 0 Å². The SMILES string of the molecule is N#Cc1c(Nc2cccc(Cl)c2)n[nH]c1/N=C/c1cncc(N2CCCC2)c1. The first-order chi connectivity index (χ1) is 13.7. The summed E-state index contributed by atoms with van der Waals surface area (Å²) >= 11 is 6.00. The van der Waals surface area contributed by atoms with Gasteiger partial charge in [-0.25, -0.2) is 4.99 Å². The van der Waals surface area contributed by atoms with Crippen LogP contribution in [-0.2, 0) is 0 Å². The number of nitrogens with zero attached hydrogens (tertiary/aromatic N) is 5. The minimum Gasteiger partial charge on any atom is -0.370 e. The maximum absolute atomic E-state index is 9.54. The zero-order chi connectivity index (χ0) is 19.3. The van der Waals surface area contributed by atoms with E-state index in [1.807, 2.05) is 18.3 Å². The number of nitriles is 1. The Kier molecular flexibility index (Phi) is 5.22. The van der Waals surface area contributed by atoms with Crippen molar-refractivity contribution in [2.45, 2.75) is 12.8 Å². The van der Waals surface area contributed by atoms with Crippen LogP contribution in [0, 0.1) is 11.3 Å². The van der Waals surface area contributed by atoms with Gasteiger partial charge in [-0.05, 0) is 37.1 Å². The van der Waals surface area contributed by atoms with Gasteiger partial charge in [0, 0.05) is 41.8 Å². The molecule has 0 saturated carbocycles. The van der Waals surface area contributed by atoms with Gasteiger partial charge in [0.25, 0.3) is 0 Å². The molecule has 4 rings (SSSR count). The molecular weight excluding hydrogens is 374 g/mol. The molecule has 0 atom stereocenters. The highest BCUT2D eigenvalue weighted by Crippen LogP contribution is 2.27. The van der Waals surface area contributed by atoms with Crippen molar-refractivity contribution < 1.29 is 0 Å². The zero-order valence-electron chi connectivity index (χ0n) is 15.1. The van der Waals surface area contributed by atoms with E-state index in [0.717, 1.165) is 30.0 Å². The number of hydrogen-bond acceptors (Lipinski definition) is 6. The molecule has 1 saturated heterocycles. The third-order valence-corrected chi connectivity index (χ3v) is 4.74. The molecule has 140 valence electrons. The lowest BCUT2D eigenvalue weighted by molar-refractivity contribution is 0.949. The number of rotatable bonds is 5. The van der Waals surface area contributed by atoms with E-state index in [0.29, 0.717) is 22.2 Å². The number of aromatic nitrogens is 3. The van der Waals surface area contributed by atoms with Crippen LogP contribution in [0.15, 0.2) is 47.7 Å². The Morgan fingerprint density at radius 3 is 2.89 bits per heavy atom. The number of anilines is 3. The normalized spacial score (nSPS) is 13.8. The highest BCUT2D eigenvalue weighted by atomic mass is 35.5. The number of benzene rings is 1. The van der Waals surface area contributed by atoms with Crippen molar-refractivity contribution >= 4 is 40.8 Å². The highest BCUT2D eigenvalue weighted by molar-refractivity contribution is 6.30. The molecule has 1 fully saturated rings. The van der Waals surface area contributed by atoms with E-state index in [1.165, 1.54) is 12.8 Å². The summed E-state index contributed by atoms with van der Waals surface area (Å²) in [7, 11) is 0. The van der Waals surface area contributed by atoms with Crippen molar-refractivity contribution in [3.8, 4) is 6.07 Å². The predicted octanol–water partition coefficient (Wildman–Crippen LogP) is 4.42.